The fourth-order valence-electron chi connectivity index (χ4n) is 1.87. The van der Waals surface area contributed by atoms with E-state index in [1.165, 1.54) is 12.4 Å². The summed E-state index contributed by atoms with van der Waals surface area (Å²) in [7, 11) is 0. The van der Waals surface area contributed by atoms with E-state index in [2.05, 4.69) is 20.2 Å². The van der Waals surface area contributed by atoms with Crippen LogP contribution in [0.3, 0.4) is 0 Å². The normalized spacial score (nSPS) is 11.9. The number of rotatable bonds is 4. The first-order valence-electron chi connectivity index (χ1n) is 7.02. The number of aryl methyl sites for hydroxylation is 1. The molecule has 0 unspecified atom stereocenters. The zero-order chi connectivity index (χ0) is 16.2. The Morgan fingerprint density at radius 3 is 2.61 bits per heavy atom. The predicted molar refractivity (Wildman–Crippen MR) is 80.3 cm³/mol. The van der Waals surface area contributed by atoms with Crippen molar-refractivity contribution in [3.63, 3.8) is 0 Å². The van der Waals surface area contributed by atoms with Crippen LogP contribution in [0.15, 0.2) is 47.1 Å². The van der Waals surface area contributed by atoms with E-state index in [0.29, 0.717) is 5.89 Å². The summed E-state index contributed by atoms with van der Waals surface area (Å²) in [5.41, 5.74) is 1.65. The topological polar surface area (TPSA) is 91.0 Å². The summed E-state index contributed by atoms with van der Waals surface area (Å²) in [5, 5.41) is 7.89. The van der Waals surface area contributed by atoms with Crippen LogP contribution in [-0.4, -0.2) is 26.1 Å². The Balaban J connectivity index is 1.71. The van der Waals surface area contributed by atoms with Crippen LogP contribution in [0.1, 0.15) is 35.1 Å². The van der Waals surface area contributed by atoms with Crippen molar-refractivity contribution in [2.45, 2.75) is 20.0 Å². The third kappa shape index (κ3) is 3.39. The molecular formula is C16H14N4O3. The van der Waals surface area contributed by atoms with Crippen LogP contribution in [0, 0.1) is 6.92 Å². The monoisotopic (exact) mass is 310 g/mol. The first-order chi connectivity index (χ1) is 11.1. The molecule has 116 valence electrons. The average molecular weight is 310 g/mol. The fraction of sp³-hybridized carbons (Fsp3) is 0.188. The van der Waals surface area contributed by atoms with Gasteiger partial charge in [0.25, 0.3) is 5.89 Å². The number of hydrogen-bond acceptors (Lipinski definition) is 7. The van der Waals surface area contributed by atoms with Gasteiger partial charge in [-0.05, 0) is 26.0 Å². The molecule has 0 radical (unpaired) electrons. The van der Waals surface area contributed by atoms with Gasteiger partial charge in [0.2, 0.25) is 5.89 Å². The van der Waals surface area contributed by atoms with Crippen molar-refractivity contribution in [3.8, 4) is 11.5 Å². The smallest absolute Gasteiger partial charge is 0.359 e. The molecule has 0 bridgehead atoms. The molecule has 0 aliphatic heterocycles. The molecule has 3 rings (SSSR count). The first kappa shape index (κ1) is 14.8. The second kappa shape index (κ2) is 6.35. The number of aromatic nitrogens is 4. The molecule has 7 heteroatoms. The van der Waals surface area contributed by atoms with E-state index in [1.807, 2.05) is 30.3 Å². The zero-order valence-electron chi connectivity index (χ0n) is 12.6. The van der Waals surface area contributed by atoms with E-state index in [9.17, 15) is 4.79 Å². The van der Waals surface area contributed by atoms with Gasteiger partial charge in [-0.1, -0.05) is 18.2 Å². The van der Waals surface area contributed by atoms with Crippen molar-refractivity contribution in [2.75, 3.05) is 0 Å². The highest BCUT2D eigenvalue weighted by Crippen LogP contribution is 2.22. The molecule has 0 amide bonds. The van der Waals surface area contributed by atoms with Crippen molar-refractivity contribution in [2.24, 2.45) is 0 Å². The molecule has 0 N–H and O–H groups in total. The van der Waals surface area contributed by atoms with Crippen LogP contribution in [0.5, 0.6) is 0 Å². The first-order valence-corrected chi connectivity index (χ1v) is 7.02. The van der Waals surface area contributed by atoms with Crippen LogP contribution in [0.25, 0.3) is 11.5 Å². The lowest BCUT2D eigenvalue weighted by molar-refractivity contribution is 0.0272. The number of ether oxygens (including phenoxy) is 1. The molecule has 2 aromatic heterocycles. The molecule has 3 aromatic rings. The van der Waals surface area contributed by atoms with E-state index in [0.717, 1.165) is 11.3 Å². The van der Waals surface area contributed by atoms with Crippen LogP contribution in [-0.2, 0) is 4.74 Å². The molecule has 7 nitrogen and oxygen atoms in total. The van der Waals surface area contributed by atoms with Gasteiger partial charge >= 0.3 is 5.97 Å². The Labute approximate surface area is 132 Å². The molecular weight excluding hydrogens is 296 g/mol. The van der Waals surface area contributed by atoms with Crippen molar-refractivity contribution >= 4 is 5.97 Å². The minimum Gasteiger partial charge on any atom is -0.448 e. The van der Waals surface area contributed by atoms with Crippen molar-refractivity contribution in [1.82, 2.24) is 20.2 Å². The van der Waals surface area contributed by atoms with Gasteiger partial charge in [-0.15, -0.1) is 10.2 Å². The summed E-state index contributed by atoms with van der Waals surface area (Å²) in [5.74, 6) is 0.000335. The highest BCUT2D eigenvalue weighted by molar-refractivity contribution is 5.86. The zero-order valence-corrected chi connectivity index (χ0v) is 12.6. The number of nitrogens with zero attached hydrogens (tertiary/aromatic N) is 4. The van der Waals surface area contributed by atoms with Gasteiger partial charge in [0.15, 0.2) is 11.8 Å². The van der Waals surface area contributed by atoms with Gasteiger partial charge in [-0.3, -0.25) is 4.98 Å². The predicted octanol–water partition coefficient (Wildman–Crippen LogP) is 2.75. The number of benzene rings is 1. The summed E-state index contributed by atoms with van der Waals surface area (Å²) in [6, 6.07) is 9.36. The Bertz CT molecular complexity index is 800. The van der Waals surface area contributed by atoms with Gasteiger partial charge in [-0.2, -0.15) is 0 Å². The molecule has 0 spiro atoms. The molecule has 23 heavy (non-hydrogen) atoms. The van der Waals surface area contributed by atoms with Crippen LogP contribution >= 0.6 is 0 Å². The summed E-state index contributed by atoms with van der Waals surface area (Å²) < 4.78 is 10.8. The van der Waals surface area contributed by atoms with Gasteiger partial charge in [-0.25, -0.2) is 9.78 Å². The van der Waals surface area contributed by atoms with Crippen molar-refractivity contribution in [3.05, 3.63) is 60.0 Å². The Morgan fingerprint density at radius 1 is 1.13 bits per heavy atom. The second-order valence-corrected chi connectivity index (χ2v) is 4.90. The quantitative estimate of drug-likeness (QED) is 0.684. The number of carbonyl (C=O) groups excluding carboxylic acids is 1. The third-order valence-electron chi connectivity index (χ3n) is 3.08. The maximum Gasteiger partial charge on any atom is 0.359 e. The standard InChI is InChI=1S/C16H14N4O3/c1-10-8-18-13(9-17-10)16(21)22-11(2)14-19-20-15(23-14)12-6-4-3-5-7-12/h3-9,11H,1-2H3/t11-/m0/s1. The van der Waals surface area contributed by atoms with E-state index in [-0.39, 0.29) is 11.6 Å². The Hall–Kier alpha value is -3.09. The highest BCUT2D eigenvalue weighted by Gasteiger charge is 2.20. The summed E-state index contributed by atoms with van der Waals surface area (Å²) in [4.78, 5) is 20.0. The largest absolute Gasteiger partial charge is 0.448 e. The maximum atomic E-state index is 12.0. The van der Waals surface area contributed by atoms with Gasteiger partial charge < -0.3 is 9.15 Å². The minimum atomic E-state index is -0.685. The Kier molecular flexibility index (Phi) is 4.09. The summed E-state index contributed by atoms with van der Waals surface area (Å²) in [6.45, 7) is 3.44. The Morgan fingerprint density at radius 2 is 1.91 bits per heavy atom. The third-order valence-corrected chi connectivity index (χ3v) is 3.08. The average Bonchev–Trinajstić information content (AvgIpc) is 3.06. The van der Waals surface area contributed by atoms with Crippen molar-refractivity contribution < 1.29 is 13.9 Å². The second-order valence-electron chi connectivity index (χ2n) is 4.90. The van der Waals surface area contributed by atoms with E-state index >= 15 is 0 Å². The van der Waals surface area contributed by atoms with Gasteiger partial charge in [0.1, 0.15) is 0 Å². The molecule has 0 aliphatic carbocycles. The number of carbonyl (C=O) groups is 1. The molecule has 0 aliphatic rings. The lowest BCUT2D eigenvalue weighted by atomic mass is 10.2. The van der Waals surface area contributed by atoms with E-state index in [1.54, 1.807) is 13.8 Å². The molecule has 0 fully saturated rings. The van der Waals surface area contributed by atoms with Crippen molar-refractivity contribution in [1.29, 1.82) is 0 Å². The highest BCUT2D eigenvalue weighted by atomic mass is 16.6. The number of hydrogen-bond donors (Lipinski definition) is 0. The number of esters is 1. The molecule has 0 saturated heterocycles. The van der Waals surface area contributed by atoms with Crippen LogP contribution < -0.4 is 0 Å². The maximum absolute atomic E-state index is 12.0. The van der Waals surface area contributed by atoms with E-state index in [4.69, 9.17) is 9.15 Å². The van der Waals surface area contributed by atoms with Crippen LogP contribution in [0.2, 0.25) is 0 Å². The van der Waals surface area contributed by atoms with Gasteiger partial charge in [0.05, 0.1) is 11.9 Å². The molecule has 2 heterocycles. The lowest BCUT2D eigenvalue weighted by Gasteiger charge is -2.08. The fourth-order valence-corrected chi connectivity index (χ4v) is 1.87. The van der Waals surface area contributed by atoms with E-state index < -0.39 is 12.1 Å². The molecule has 1 aromatic carbocycles. The molecule has 0 saturated carbocycles. The van der Waals surface area contributed by atoms with Crippen LogP contribution in [0.4, 0.5) is 0 Å². The SMILES string of the molecule is Cc1cnc(C(=O)O[C@@H](C)c2nnc(-c3ccccc3)o2)cn1. The summed E-state index contributed by atoms with van der Waals surface area (Å²) in [6.07, 6.45) is 2.19. The van der Waals surface area contributed by atoms with Gasteiger partial charge in [0, 0.05) is 11.8 Å². The summed E-state index contributed by atoms with van der Waals surface area (Å²) >= 11 is 0. The lowest BCUT2D eigenvalue weighted by Crippen LogP contribution is -2.11. The minimum absolute atomic E-state index is 0.130. The molecule has 1 atom stereocenters.